The van der Waals surface area contributed by atoms with E-state index in [0.717, 1.165) is 16.9 Å². The Morgan fingerprint density at radius 3 is 2.53 bits per heavy atom. The molecule has 2 heterocycles. The fourth-order valence-electron chi connectivity index (χ4n) is 2.98. The summed E-state index contributed by atoms with van der Waals surface area (Å²) < 4.78 is 15.6. The molecule has 8 nitrogen and oxygen atoms in total. The second-order valence-electron chi connectivity index (χ2n) is 6.82. The number of hydrogen-bond acceptors (Lipinski definition) is 8. The van der Waals surface area contributed by atoms with E-state index in [1.54, 1.807) is 19.9 Å². The van der Waals surface area contributed by atoms with Gasteiger partial charge in [0.15, 0.2) is 5.11 Å². The zero-order valence-corrected chi connectivity index (χ0v) is 20.3. The highest BCUT2D eigenvalue weighted by Gasteiger charge is 2.26. The van der Waals surface area contributed by atoms with Crippen molar-refractivity contribution < 1.29 is 28.3 Å². The van der Waals surface area contributed by atoms with Gasteiger partial charge in [-0.25, -0.2) is 9.59 Å². The Kier molecular flexibility index (Phi) is 8.34. The van der Waals surface area contributed by atoms with Gasteiger partial charge in [0.25, 0.3) is 0 Å². The number of thiophene rings is 1. The van der Waals surface area contributed by atoms with Crippen LogP contribution in [0.15, 0.2) is 53.0 Å². The molecule has 0 saturated heterocycles. The van der Waals surface area contributed by atoms with Crippen LogP contribution in [0.3, 0.4) is 0 Å². The molecule has 0 radical (unpaired) electrons. The van der Waals surface area contributed by atoms with Gasteiger partial charge < -0.3 is 19.2 Å². The lowest BCUT2D eigenvalue weighted by Crippen LogP contribution is -2.33. The molecule has 176 valence electrons. The lowest BCUT2D eigenvalue weighted by molar-refractivity contribution is -0.115. The molecule has 0 bridgehead atoms. The van der Waals surface area contributed by atoms with Crippen molar-refractivity contribution >= 4 is 57.6 Å². The Morgan fingerprint density at radius 1 is 1.12 bits per heavy atom. The van der Waals surface area contributed by atoms with Gasteiger partial charge in [-0.2, -0.15) is 0 Å². The monoisotopic (exact) mass is 498 g/mol. The predicted octanol–water partition coefficient (Wildman–Crippen LogP) is 4.81. The number of amides is 1. The summed E-state index contributed by atoms with van der Waals surface area (Å²) in [4.78, 5) is 37.0. The number of methoxy groups -OCH3 is 1. The summed E-state index contributed by atoms with van der Waals surface area (Å²) in [7, 11) is 1.25. The number of carbonyl (C=O) groups is 3. The first kappa shape index (κ1) is 24.9. The molecule has 3 rings (SSSR count). The molecule has 0 aliphatic carbocycles. The van der Waals surface area contributed by atoms with Crippen molar-refractivity contribution in [2.45, 2.75) is 13.8 Å². The van der Waals surface area contributed by atoms with E-state index in [9.17, 15) is 14.4 Å². The summed E-state index contributed by atoms with van der Waals surface area (Å²) in [5.74, 6) is -0.538. The van der Waals surface area contributed by atoms with Gasteiger partial charge in [0.2, 0.25) is 5.91 Å². The minimum absolute atomic E-state index is 0.0534. The van der Waals surface area contributed by atoms with Gasteiger partial charge >= 0.3 is 11.9 Å². The summed E-state index contributed by atoms with van der Waals surface area (Å²) in [6.45, 7) is 3.44. The van der Waals surface area contributed by atoms with E-state index in [-0.39, 0.29) is 27.2 Å². The van der Waals surface area contributed by atoms with E-state index in [4.69, 9.17) is 26.1 Å². The third-order valence-electron chi connectivity index (χ3n) is 4.54. The van der Waals surface area contributed by atoms with Crippen LogP contribution in [-0.2, 0) is 14.3 Å². The Hall–Kier alpha value is -3.76. The molecule has 1 amide bonds. The number of nitrogens with one attached hydrogen (secondary N) is 2. The molecular weight excluding hydrogens is 476 g/mol. The van der Waals surface area contributed by atoms with E-state index in [0.29, 0.717) is 17.1 Å². The maximum atomic E-state index is 12.4. The summed E-state index contributed by atoms with van der Waals surface area (Å²) >= 11 is 6.19. The van der Waals surface area contributed by atoms with Crippen molar-refractivity contribution in [1.29, 1.82) is 0 Å². The van der Waals surface area contributed by atoms with E-state index >= 15 is 0 Å². The van der Waals surface area contributed by atoms with Gasteiger partial charge in [-0.3, -0.25) is 10.1 Å². The summed E-state index contributed by atoms with van der Waals surface area (Å²) in [5, 5.41) is 5.51. The number of esters is 2. The van der Waals surface area contributed by atoms with Crippen LogP contribution in [-0.4, -0.2) is 36.7 Å². The number of rotatable bonds is 7. The van der Waals surface area contributed by atoms with Crippen molar-refractivity contribution in [2.24, 2.45) is 0 Å². The lowest BCUT2D eigenvalue weighted by atomic mass is 10.1. The number of benzene rings is 1. The van der Waals surface area contributed by atoms with Crippen LogP contribution in [0.2, 0.25) is 0 Å². The molecule has 1 aromatic carbocycles. The number of hydrogen-bond donors (Lipinski definition) is 2. The molecular formula is C24H22N2O6S2. The molecule has 2 aromatic heterocycles. The number of furan rings is 1. The molecule has 0 fully saturated rings. The topological polar surface area (TPSA) is 107 Å². The third-order valence-corrected chi connectivity index (χ3v) is 5.94. The van der Waals surface area contributed by atoms with Crippen LogP contribution in [0, 0.1) is 6.92 Å². The van der Waals surface area contributed by atoms with Crippen molar-refractivity contribution in [1.82, 2.24) is 5.32 Å². The van der Waals surface area contributed by atoms with E-state index in [2.05, 4.69) is 10.6 Å². The molecule has 0 unspecified atom stereocenters. The zero-order valence-electron chi connectivity index (χ0n) is 18.7. The highest BCUT2D eigenvalue weighted by molar-refractivity contribution is 7.80. The molecule has 0 aliphatic heterocycles. The molecule has 10 heteroatoms. The van der Waals surface area contributed by atoms with Crippen LogP contribution in [0.5, 0.6) is 0 Å². The SMILES string of the molecule is CCOC(=O)c1c(NC(=S)NC(=O)/C=C/c2ccc(-c3ccccc3)o2)sc(C(=O)OC)c1C. The highest BCUT2D eigenvalue weighted by Crippen LogP contribution is 2.34. The first-order valence-corrected chi connectivity index (χ1v) is 11.4. The first-order valence-electron chi connectivity index (χ1n) is 10.2. The fraction of sp³-hybridized carbons (Fsp3) is 0.167. The Bertz CT molecular complexity index is 1240. The van der Waals surface area contributed by atoms with Crippen LogP contribution < -0.4 is 10.6 Å². The Balaban J connectivity index is 1.68. The van der Waals surface area contributed by atoms with Crippen molar-refractivity contribution in [3.8, 4) is 11.3 Å². The molecule has 0 aliphatic rings. The van der Waals surface area contributed by atoms with Gasteiger partial charge in [-0.1, -0.05) is 30.3 Å². The van der Waals surface area contributed by atoms with E-state index in [1.807, 2.05) is 36.4 Å². The molecule has 0 saturated carbocycles. The first-order chi connectivity index (χ1) is 16.3. The number of carbonyl (C=O) groups excluding carboxylic acids is 3. The van der Waals surface area contributed by atoms with Crippen molar-refractivity contribution in [3.63, 3.8) is 0 Å². The van der Waals surface area contributed by atoms with Crippen LogP contribution in [0.25, 0.3) is 17.4 Å². The largest absolute Gasteiger partial charge is 0.465 e. The van der Waals surface area contributed by atoms with Crippen LogP contribution >= 0.6 is 23.6 Å². The van der Waals surface area contributed by atoms with Crippen LogP contribution in [0.4, 0.5) is 5.00 Å². The quantitative estimate of drug-likeness (QED) is 0.272. The average Bonchev–Trinajstić information content (AvgIpc) is 3.42. The normalized spacial score (nSPS) is 10.7. The Morgan fingerprint density at radius 2 is 1.85 bits per heavy atom. The lowest BCUT2D eigenvalue weighted by Gasteiger charge is -2.09. The summed E-state index contributed by atoms with van der Waals surface area (Å²) in [6.07, 6.45) is 2.78. The minimum Gasteiger partial charge on any atom is -0.465 e. The highest BCUT2D eigenvalue weighted by atomic mass is 32.1. The third kappa shape index (κ3) is 5.97. The molecule has 0 atom stereocenters. The molecule has 2 N–H and O–H groups in total. The zero-order chi connectivity index (χ0) is 24.7. The van der Waals surface area contributed by atoms with Gasteiger partial charge in [-0.15, -0.1) is 11.3 Å². The molecule has 34 heavy (non-hydrogen) atoms. The second-order valence-corrected chi connectivity index (χ2v) is 8.25. The van der Waals surface area contributed by atoms with Gasteiger partial charge in [0.05, 0.1) is 19.3 Å². The smallest absolute Gasteiger partial charge is 0.348 e. The van der Waals surface area contributed by atoms with Gasteiger partial charge in [0.1, 0.15) is 21.4 Å². The average molecular weight is 499 g/mol. The van der Waals surface area contributed by atoms with E-state index < -0.39 is 17.8 Å². The van der Waals surface area contributed by atoms with Crippen LogP contribution in [0.1, 0.15) is 38.3 Å². The van der Waals surface area contributed by atoms with Crippen molar-refractivity contribution in [3.05, 3.63) is 70.3 Å². The summed E-state index contributed by atoms with van der Waals surface area (Å²) in [6, 6.07) is 13.1. The van der Waals surface area contributed by atoms with Gasteiger partial charge in [-0.05, 0) is 49.8 Å². The maximum Gasteiger partial charge on any atom is 0.348 e. The maximum absolute atomic E-state index is 12.4. The Labute approximate surface area is 205 Å². The minimum atomic E-state index is -0.616. The number of anilines is 1. The number of thiocarbonyl (C=S) groups is 1. The summed E-state index contributed by atoms with van der Waals surface area (Å²) in [5.41, 5.74) is 1.48. The van der Waals surface area contributed by atoms with E-state index in [1.165, 1.54) is 19.3 Å². The molecule has 3 aromatic rings. The second kappa shape index (κ2) is 11.4. The fourth-order valence-corrected chi connectivity index (χ4v) is 4.37. The number of ether oxygens (including phenoxy) is 2. The molecule has 0 spiro atoms. The standard InChI is InChI=1S/C24H22N2O6S2/c1-4-31-22(28)19-14(2)20(23(29)30-3)34-21(19)26-24(33)25-18(27)13-11-16-10-12-17(32-16)15-8-6-5-7-9-15/h5-13H,4H2,1-3H3,(H2,25,26,27,33)/b13-11+. The van der Waals surface area contributed by atoms with Gasteiger partial charge in [0, 0.05) is 11.6 Å². The van der Waals surface area contributed by atoms with Crippen molar-refractivity contribution in [2.75, 3.05) is 19.0 Å². The predicted molar refractivity (Wildman–Crippen MR) is 134 cm³/mol.